The molecule has 3 rings (SSSR count). The fourth-order valence-corrected chi connectivity index (χ4v) is 4.23. The van der Waals surface area contributed by atoms with Crippen molar-refractivity contribution in [1.29, 1.82) is 0 Å². The van der Waals surface area contributed by atoms with Crippen molar-refractivity contribution < 1.29 is 22.7 Å². The lowest BCUT2D eigenvalue weighted by Gasteiger charge is -2.29. The Kier molecular flexibility index (Phi) is 7.40. The minimum atomic E-state index is -3.31. The number of hydrogen-bond donors (Lipinski definition) is 1. The molecule has 1 aliphatic rings. The minimum Gasteiger partial charge on any atom is -0.493 e. The van der Waals surface area contributed by atoms with Gasteiger partial charge in [-0.25, -0.2) is 13.4 Å². The fourth-order valence-electron chi connectivity index (χ4n) is 3.67. The first kappa shape index (κ1) is 23.6. The summed E-state index contributed by atoms with van der Waals surface area (Å²) in [6.45, 7) is 2.49. The highest BCUT2D eigenvalue weighted by atomic mass is 32.2. The van der Waals surface area contributed by atoms with E-state index in [0.717, 1.165) is 29.5 Å². The van der Waals surface area contributed by atoms with Crippen LogP contribution in [0.3, 0.4) is 0 Å². The second kappa shape index (κ2) is 10.0. The number of rotatable bonds is 9. The number of methoxy groups -OCH3 is 2. The van der Waals surface area contributed by atoms with Crippen LogP contribution in [-0.4, -0.2) is 52.1 Å². The Hall–Kier alpha value is -3.07. The number of nitrogens with zero attached hydrogens (tertiary/aromatic N) is 2. The zero-order valence-electron chi connectivity index (χ0n) is 18.8. The molecule has 2 aromatic carbocycles. The number of sulfonamides is 1. The number of carbonyl (C=O) groups excluding carboxylic acids is 1. The molecule has 8 nitrogen and oxygen atoms in total. The van der Waals surface area contributed by atoms with Crippen LogP contribution >= 0.6 is 0 Å². The quantitative estimate of drug-likeness (QED) is 0.621. The maximum absolute atomic E-state index is 12.7. The summed E-state index contributed by atoms with van der Waals surface area (Å²) < 4.78 is 35.9. The second-order valence-corrected chi connectivity index (χ2v) is 9.45. The summed E-state index contributed by atoms with van der Waals surface area (Å²) in [5, 5.41) is 6.24. The molecule has 172 valence electrons. The van der Waals surface area contributed by atoms with Crippen molar-refractivity contribution in [2.24, 2.45) is 11.0 Å². The predicted octanol–water partition coefficient (Wildman–Crippen LogP) is 3.28. The summed E-state index contributed by atoms with van der Waals surface area (Å²) in [6, 6.07) is 12.8. The molecule has 1 amide bonds. The van der Waals surface area contributed by atoms with Crippen molar-refractivity contribution in [3.05, 3.63) is 53.6 Å². The van der Waals surface area contributed by atoms with E-state index < -0.39 is 10.0 Å². The van der Waals surface area contributed by atoms with Crippen molar-refractivity contribution in [2.75, 3.05) is 31.7 Å². The van der Waals surface area contributed by atoms with Crippen LogP contribution in [0.15, 0.2) is 47.6 Å². The van der Waals surface area contributed by atoms with Gasteiger partial charge >= 0.3 is 0 Å². The number of hydrogen-bond acceptors (Lipinski definition) is 6. The summed E-state index contributed by atoms with van der Waals surface area (Å²) in [6.07, 6.45) is 2.92. The van der Waals surface area contributed by atoms with Gasteiger partial charge in [0, 0.05) is 30.1 Å². The van der Waals surface area contributed by atoms with E-state index in [1.54, 1.807) is 26.4 Å². The number of ether oxygens (including phenoxy) is 2. The zero-order valence-corrected chi connectivity index (χ0v) is 19.6. The molecule has 0 aliphatic carbocycles. The van der Waals surface area contributed by atoms with Gasteiger partial charge in [-0.1, -0.05) is 19.1 Å². The third-order valence-electron chi connectivity index (χ3n) is 5.37. The highest BCUT2D eigenvalue weighted by Crippen LogP contribution is 2.31. The summed E-state index contributed by atoms with van der Waals surface area (Å²) in [5.41, 5.74) is 3.26. The van der Waals surface area contributed by atoms with Gasteiger partial charge in [-0.3, -0.25) is 9.52 Å². The SMILES string of the molecule is CCC1CC(=O)N(CCc2ccc(NS(C)(=O)=O)cc2)N=C1c1ccc(OC)c(OC)c1. The molecule has 1 unspecified atom stereocenters. The third kappa shape index (κ3) is 5.79. The monoisotopic (exact) mass is 459 g/mol. The van der Waals surface area contributed by atoms with Gasteiger partial charge in [-0.15, -0.1) is 0 Å². The molecule has 0 aromatic heterocycles. The Bertz CT molecular complexity index is 1100. The lowest BCUT2D eigenvalue weighted by Crippen LogP contribution is -2.38. The summed E-state index contributed by atoms with van der Waals surface area (Å²) in [4.78, 5) is 12.7. The molecule has 0 spiro atoms. The van der Waals surface area contributed by atoms with Gasteiger partial charge in [0.25, 0.3) is 0 Å². The van der Waals surface area contributed by atoms with E-state index in [1.165, 1.54) is 5.01 Å². The molecule has 2 aromatic rings. The first-order chi connectivity index (χ1) is 15.2. The number of amides is 1. The van der Waals surface area contributed by atoms with Gasteiger partial charge < -0.3 is 9.47 Å². The topological polar surface area (TPSA) is 97.3 Å². The third-order valence-corrected chi connectivity index (χ3v) is 5.97. The molecule has 0 saturated carbocycles. The number of anilines is 1. The number of carbonyl (C=O) groups is 1. The van der Waals surface area contributed by atoms with E-state index in [4.69, 9.17) is 14.6 Å². The molecule has 1 aliphatic heterocycles. The van der Waals surface area contributed by atoms with Crippen LogP contribution in [-0.2, 0) is 21.2 Å². The maximum atomic E-state index is 12.7. The molecule has 0 bridgehead atoms. The molecule has 32 heavy (non-hydrogen) atoms. The van der Waals surface area contributed by atoms with E-state index >= 15 is 0 Å². The molecule has 0 radical (unpaired) electrons. The predicted molar refractivity (Wildman–Crippen MR) is 125 cm³/mol. The molecule has 9 heteroatoms. The van der Waals surface area contributed by atoms with Gasteiger partial charge in [0.2, 0.25) is 15.9 Å². The lowest BCUT2D eigenvalue weighted by atomic mass is 9.89. The molecule has 0 saturated heterocycles. The van der Waals surface area contributed by atoms with Crippen LogP contribution in [0.2, 0.25) is 0 Å². The van der Waals surface area contributed by atoms with Crippen molar-refractivity contribution >= 4 is 27.3 Å². The number of hydrazone groups is 1. The standard InChI is InChI=1S/C23H29N3O5S/c1-5-17-15-22(27)26(13-12-16-6-9-19(10-7-16)25-32(4,28)29)24-23(17)18-8-11-20(30-2)21(14-18)31-3/h6-11,14,17,25H,5,12-13,15H2,1-4H3. The van der Waals surface area contributed by atoms with E-state index in [9.17, 15) is 13.2 Å². The summed E-state index contributed by atoms with van der Waals surface area (Å²) in [7, 11) is -0.131. The maximum Gasteiger partial charge on any atom is 0.243 e. The van der Waals surface area contributed by atoms with Gasteiger partial charge in [-0.05, 0) is 48.7 Å². The van der Waals surface area contributed by atoms with Crippen molar-refractivity contribution in [1.82, 2.24) is 5.01 Å². The Morgan fingerprint density at radius 3 is 2.38 bits per heavy atom. The number of nitrogens with one attached hydrogen (secondary N) is 1. The van der Waals surface area contributed by atoms with Crippen molar-refractivity contribution in [3.8, 4) is 11.5 Å². The molecule has 1 N–H and O–H groups in total. The average Bonchev–Trinajstić information content (AvgIpc) is 2.77. The highest BCUT2D eigenvalue weighted by molar-refractivity contribution is 7.92. The molecule has 1 heterocycles. The van der Waals surface area contributed by atoms with Crippen LogP contribution in [0.25, 0.3) is 0 Å². The second-order valence-electron chi connectivity index (χ2n) is 7.70. The Morgan fingerprint density at radius 1 is 1.09 bits per heavy atom. The van der Waals surface area contributed by atoms with Gasteiger partial charge in [0.05, 0.1) is 26.2 Å². The van der Waals surface area contributed by atoms with Gasteiger partial charge in [-0.2, -0.15) is 5.10 Å². The smallest absolute Gasteiger partial charge is 0.243 e. The van der Waals surface area contributed by atoms with E-state index in [-0.39, 0.29) is 11.8 Å². The van der Waals surface area contributed by atoms with E-state index in [1.807, 2.05) is 30.3 Å². The highest BCUT2D eigenvalue weighted by Gasteiger charge is 2.29. The van der Waals surface area contributed by atoms with Crippen LogP contribution in [0.5, 0.6) is 11.5 Å². The fraction of sp³-hybridized carbons (Fsp3) is 0.391. The van der Waals surface area contributed by atoms with Gasteiger partial charge in [0.15, 0.2) is 11.5 Å². The number of benzene rings is 2. The van der Waals surface area contributed by atoms with Crippen LogP contribution in [0.4, 0.5) is 5.69 Å². The zero-order chi connectivity index (χ0) is 23.3. The van der Waals surface area contributed by atoms with E-state index in [2.05, 4.69) is 11.6 Å². The summed E-state index contributed by atoms with van der Waals surface area (Å²) in [5.74, 6) is 1.30. The normalized spacial score (nSPS) is 16.5. The minimum absolute atomic E-state index is 0.00330. The molecular weight excluding hydrogens is 430 g/mol. The first-order valence-corrected chi connectivity index (χ1v) is 12.3. The van der Waals surface area contributed by atoms with Crippen LogP contribution in [0.1, 0.15) is 30.9 Å². The average molecular weight is 460 g/mol. The first-order valence-electron chi connectivity index (χ1n) is 10.4. The molecular formula is C23H29N3O5S. The Morgan fingerprint density at radius 2 is 1.78 bits per heavy atom. The van der Waals surface area contributed by atoms with Crippen molar-refractivity contribution in [3.63, 3.8) is 0 Å². The van der Waals surface area contributed by atoms with Crippen LogP contribution < -0.4 is 14.2 Å². The molecule has 1 atom stereocenters. The lowest BCUT2D eigenvalue weighted by molar-refractivity contribution is -0.132. The molecule has 0 fully saturated rings. The Labute approximate surface area is 189 Å². The largest absolute Gasteiger partial charge is 0.493 e. The summed E-state index contributed by atoms with van der Waals surface area (Å²) >= 11 is 0. The van der Waals surface area contributed by atoms with Gasteiger partial charge in [0.1, 0.15) is 0 Å². The van der Waals surface area contributed by atoms with E-state index in [0.29, 0.717) is 36.6 Å². The Balaban J connectivity index is 1.78. The van der Waals surface area contributed by atoms with Crippen LogP contribution in [0, 0.1) is 5.92 Å². The van der Waals surface area contributed by atoms with Crippen molar-refractivity contribution in [2.45, 2.75) is 26.2 Å².